The van der Waals surface area contributed by atoms with Crippen LogP contribution in [0.4, 0.5) is 5.69 Å². The van der Waals surface area contributed by atoms with E-state index in [9.17, 15) is 4.79 Å². The summed E-state index contributed by atoms with van der Waals surface area (Å²) in [6.45, 7) is 1.09. The molecule has 8 heteroatoms. The number of carbonyl (C=O) groups is 1. The standard InChI is InChI=1S/C27H31N5O3/c1-31(2)23-10-7-19(8-11-23)6-5-13-28-27(33)22-14-21-17-30-32(26(21)29-16-22)18-20-9-12-24(34-3)15-25(20)35-4/h7-12,14-17H,5-6,13,18H2,1-4H3,(H,28,33). The minimum Gasteiger partial charge on any atom is -0.497 e. The molecule has 0 unspecified atom stereocenters. The van der Waals surface area contributed by atoms with E-state index in [0.29, 0.717) is 24.3 Å². The van der Waals surface area contributed by atoms with Gasteiger partial charge in [-0.05, 0) is 48.7 Å². The van der Waals surface area contributed by atoms with E-state index in [1.165, 1.54) is 11.3 Å². The quantitative estimate of drug-likeness (QED) is 0.352. The second kappa shape index (κ2) is 10.9. The maximum absolute atomic E-state index is 12.6. The summed E-state index contributed by atoms with van der Waals surface area (Å²) in [6.07, 6.45) is 5.10. The summed E-state index contributed by atoms with van der Waals surface area (Å²) < 4.78 is 12.6. The summed E-state index contributed by atoms with van der Waals surface area (Å²) in [7, 11) is 7.31. The van der Waals surface area contributed by atoms with Crippen LogP contribution in [-0.2, 0) is 13.0 Å². The summed E-state index contributed by atoms with van der Waals surface area (Å²) in [5.41, 5.74) is 4.62. The number of hydrogen-bond acceptors (Lipinski definition) is 6. The largest absolute Gasteiger partial charge is 0.497 e. The van der Waals surface area contributed by atoms with Crippen molar-refractivity contribution in [3.8, 4) is 11.5 Å². The fourth-order valence-electron chi connectivity index (χ4n) is 3.91. The Labute approximate surface area is 205 Å². The SMILES string of the molecule is COc1ccc(Cn2ncc3cc(C(=O)NCCCc4ccc(N(C)C)cc4)cnc32)c(OC)c1. The van der Waals surface area contributed by atoms with E-state index >= 15 is 0 Å². The molecular formula is C27H31N5O3. The Balaban J connectivity index is 1.35. The zero-order chi connectivity index (χ0) is 24.8. The van der Waals surface area contributed by atoms with Crippen LogP contribution in [-0.4, -0.2) is 55.5 Å². The van der Waals surface area contributed by atoms with Crippen molar-refractivity contribution >= 4 is 22.6 Å². The lowest BCUT2D eigenvalue weighted by Gasteiger charge is -2.12. The number of nitrogens with one attached hydrogen (secondary N) is 1. The lowest BCUT2D eigenvalue weighted by Crippen LogP contribution is -2.24. The Kier molecular flexibility index (Phi) is 7.50. The number of carbonyl (C=O) groups excluding carboxylic acids is 1. The van der Waals surface area contributed by atoms with Crippen LogP contribution in [0.1, 0.15) is 27.9 Å². The van der Waals surface area contributed by atoms with Crippen LogP contribution in [0.2, 0.25) is 0 Å². The molecule has 2 heterocycles. The van der Waals surface area contributed by atoms with Crippen molar-refractivity contribution in [1.82, 2.24) is 20.1 Å². The molecule has 1 N–H and O–H groups in total. The predicted molar refractivity (Wildman–Crippen MR) is 138 cm³/mol. The molecule has 0 radical (unpaired) electrons. The van der Waals surface area contributed by atoms with Crippen molar-refractivity contribution in [2.24, 2.45) is 0 Å². The Morgan fingerprint density at radius 2 is 1.83 bits per heavy atom. The molecule has 0 saturated carbocycles. The number of aryl methyl sites for hydroxylation is 1. The number of ether oxygens (including phenoxy) is 2. The molecule has 4 aromatic rings. The molecule has 35 heavy (non-hydrogen) atoms. The van der Waals surface area contributed by atoms with Gasteiger partial charge in [0.05, 0.1) is 32.5 Å². The molecule has 0 fully saturated rings. The van der Waals surface area contributed by atoms with Gasteiger partial charge >= 0.3 is 0 Å². The summed E-state index contributed by atoms with van der Waals surface area (Å²) in [5, 5.41) is 8.27. The van der Waals surface area contributed by atoms with Gasteiger partial charge in [-0.3, -0.25) is 4.79 Å². The molecule has 0 atom stereocenters. The molecule has 0 aliphatic rings. The van der Waals surface area contributed by atoms with Gasteiger partial charge in [-0.2, -0.15) is 5.10 Å². The molecule has 2 aromatic heterocycles. The smallest absolute Gasteiger partial charge is 0.252 e. The second-order valence-corrected chi connectivity index (χ2v) is 8.54. The highest BCUT2D eigenvalue weighted by molar-refractivity contribution is 5.96. The molecule has 0 spiro atoms. The van der Waals surface area contributed by atoms with Gasteiger partial charge in [-0.15, -0.1) is 0 Å². The fourth-order valence-corrected chi connectivity index (χ4v) is 3.91. The van der Waals surface area contributed by atoms with E-state index in [0.717, 1.165) is 35.3 Å². The number of methoxy groups -OCH3 is 2. The lowest BCUT2D eigenvalue weighted by molar-refractivity contribution is 0.0953. The Bertz CT molecular complexity index is 1300. The molecule has 0 saturated heterocycles. The topological polar surface area (TPSA) is 81.5 Å². The summed E-state index contributed by atoms with van der Waals surface area (Å²) in [6, 6.07) is 16.0. The minimum atomic E-state index is -0.132. The molecule has 1 amide bonds. The van der Waals surface area contributed by atoms with Gasteiger partial charge in [0, 0.05) is 49.5 Å². The first-order valence-corrected chi connectivity index (χ1v) is 11.6. The Morgan fingerprint density at radius 3 is 2.54 bits per heavy atom. The first kappa shape index (κ1) is 24.1. The average Bonchev–Trinajstić information content (AvgIpc) is 3.28. The van der Waals surface area contributed by atoms with Gasteiger partial charge in [0.15, 0.2) is 5.65 Å². The highest BCUT2D eigenvalue weighted by Gasteiger charge is 2.13. The lowest BCUT2D eigenvalue weighted by atomic mass is 10.1. The van der Waals surface area contributed by atoms with Crippen molar-refractivity contribution in [1.29, 1.82) is 0 Å². The van der Waals surface area contributed by atoms with Crippen LogP contribution in [0.5, 0.6) is 11.5 Å². The first-order chi connectivity index (χ1) is 17.0. The minimum absolute atomic E-state index is 0.132. The number of nitrogens with zero attached hydrogens (tertiary/aromatic N) is 4. The highest BCUT2D eigenvalue weighted by atomic mass is 16.5. The zero-order valence-electron chi connectivity index (χ0n) is 20.6. The number of benzene rings is 2. The Hall–Kier alpha value is -4.07. The van der Waals surface area contributed by atoms with E-state index in [-0.39, 0.29) is 5.91 Å². The molecule has 4 rings (SSSR count). The average molecular weight is 474 g/mol. The summed E-state index contributed by atoms with van der Waals surface area (Å²) in [5.74, 6) is 1.32. The van der Waals surface area contributed by atoms with Gasteiger partial charge in [0.25, 0.3) is 5.91 Å². The zero-order valence-corrected chi connectivity index (χ0v) is 20.6. The maximum Gasteiger partial charge on any atom is 0.252 e. The van der Waals surface area contributed by atoms with Gasteiger partial charge in [-0.1, -0.05) is 12.1 Å². The molecule has 8 nitrogen and oxygen atoms in total. The van der Waals surface area contributed by atoms with Crippen molar-refractivity contribution in [2.45, 2.75) is 19.4 Å². The van der Waals surface area contributed by atoms with E-state index in [2.05, 4.69) is 44.6 Å². The van der Waals surface area contributed by atoms with Crippen LogP contribution < -0.4 is 19.7 Å². The number of pyridine rings is 1. The second-order valence-electron chi connectivity index (χ2n) is 8.54. The van der Waals surface area contributed by atoms with Crippen molar-refractivity contribution in [3.63, 3.8) is 0 Å². The van der Waals surface area contributed by atoms with E-state index in [4.69, 9.17) is 9.47 Å². The molecule has 2 aromatic carbocycles. The number of aromatic nitrogens is 3. The predicted octanol–water partition coefficient (Wildman–Crippen LogP) is 3.93. The maximum atomic E-state index is 12.6. The number of rotatable bonds is 10. The van der Waals surface area contributed by atoms with Crippen LogP contribution in [0, 0.1) is 0 Å². The summed E-state index contributed by atoms with van der Waals surface area (Å²) in [4.78, 5) is 19.2. The molecule has 0 bridgehead atoms. The number of fused-ring (bicyclic) bond motifs is 1. The monoisotopic (exact) mass is 473 g/mol. The van der Waals surface area contributed by atoms with Crippen molar-refractivity contribution < 1.29 is 14.3 Å². The van der Waals surface area contributed by atoms with Gasteiger partial charge < -0.3 is 19.7 Å². The third kappa shape index (κ3) is 5.71. The van der Waals surface area contributed by atoms with Gasteiger partial charge in [0.2, 0.25) is 0 Å². The van der Waals surface area contributed by atoms with Gasteiger partial charge in [-0.25, -0.2) is 9.67 Å². The van der Waals surface area contributed by atoms with Gasteiger partial charge in [0.1, 0.15) is 11.5 Å². The van der Waals surface area contributed by atoms with E-state index in [1.54, 1.807) is 31.3 Å². The highest BCUT2D eigenvalue weighted by Crippen LogP contribution is 2.26. The van der Waals surface area contributed by atoms with Crippen molar-refractivity contribution in [2.75, 3.05) is 39.8 Å². The van der Waals surface area contributed by atoms with Crippen LogP contribution in [0.25, 0.3) is 11.0 Å². The molecule has 182 valence electrons. The van der Waals surface area contributed by atoms with Crippen LogP contribution in [0.15, 0.2) is 60.9 Å². The summed E-state index contributed by atoms with van der Waals surface area (Å²) >= 11 is 0. The van der Waals surface area contributed by atoms with Crippen LogP contribution in [0.3, 0.4) is 0 Å². The fraction of sp³-hybridized carbons (Fsp3) is 0.296. The number of hydrogen-bond donors (Lipinski definition) is 1. The third-order valence-electron chi connectivity index (χ3n) is 5.93. The third-order valence-corrected chi connectivity index (χ3v) is 5.93. The molecule has 0 aliphatic carbocycles. The molecule has 0 aliphatic heterocycles. The first-order valence-electron chi connectivity index (χ1n) is 11.6. The number of amides is 1. The number of anilines is 1. The van der Waals surface area contributed by atoms with E-state index < -0.39 is 0 Å². The van der Waals surface area contributed by atoms with E-state index in [1.807, 2.05) is 38.4 Å². The van der Waals surface area contributed by atoms with Crippen molar-refractivity contribution in [3.05, 3.63) is 77.6 Å². The normalized spacial score (nSPS) is 10.9. The van der Waals surface area contributed by atoms with Crippen LogP contribution >= 0.6 is 0 Å². The Morgan fingerprint density at radius 1 is 1.03 bits per heavy atom. The molecular weight excluding hydrogens is 442 g/mol.